The summed E-state index contributed by atoms with van der Waals surface area (Å²) < 4.78 is 5.33. The van der Waals surface area contributed by atoms with Crippen LogP contribution in [-0.2, 0) is 4.74 Å². The Morgan fingerprint density at radius 3 is 1.89 bits per heavy atom. The molecule has 0 aliphatic carbocycles. The number of nitrogens with two attached hydrogens (primary N) is 1. The third kappa shape index (κ3) is 13.9. The van der Waals surface area contributed by atoms with Crippen molar-refractivity contribution in [3.8, 4) is 0 Å². The zero-order valence-corrected chi connectivity index (χ0v) is 12.2. The van der Waals surface area contributed by atoms with E-state index in [1.807, 2.05) is 0 Å². The zero-order chi connectivity index (χ0) is 13.5. The fourth-order valence-corrected chi connectivity index (χ4v) is 1.98. The second kappa shape index (κ2) is 14.9. The molecule has 3 nitrogen and oxygen atoms in total. The number of hydrogen-bond acceptors (Lipinski definition) is 3. The van der Waals surface area contributed by atoms with Crippen molar-refractivity contribution < 1.29 is 9.84 Å². The van der Waals surface area contributed by atoms with Gasteiger partial charge in [0.05, 0.1) is 12.7 Å². The molecule has 0 saturated heterocycles. The van der Waals surface area contributed by atoms with E-state index in [1.165, 1.54) is 57.8 Å². The Bertz CT molecular complexity index is 153. The molecule has 1 unspecified atom stereocenters. The van der Waals surface area contributed by atoms with E-state index in [4.69, 9.17) is 15.6 Å². The van der Waals surface area contributed by atoms with Crippen molar-refractivity contribution in [1.29, 1.82) is 0 Å². The summed E-state index contributed by atoms with van der Waals surface area (Å²) in [7, 11) is 0. The Hall–Kier alpha value is -0.120. The van der Waals surface area contributed by atoms with Crippen LogP contribution in [-0.4, -0.2) is 31.0 Å². The minimum absolute atomic E-state index is 0.290. The van der Waals surface area contributed by atoms with Crippen molar-refractivity contribution in [3.05, 3.63) is 0 Å². The zero-order valence-electron chi connectivity index (χ0n) is 12.2. The molecule has 0 rings (SSSR count). The van der Waals surface area contributed by atoms with Crippen LogP contribution in [0.3, 0.4) is 0 Å². The van der Waals surface area contributed by atoms with E-state index in [9.17, 15) is 0 Å². The van der Waals surface area contributed by atoms with Crippen LogP contribution >= 0.6 is 0 Å². The van der Waals surface area contributed by atoms with E-state index in [1.54, 1.807) is 0 Å². The summed E-state index contributed by atoms with van der Waals surface area (Å²) in [4.78, 5) is 0. The molecule has 0 aliphatic rings. The topological polar surface area (TPSA) is 55.5 Å². The monoisotopic (exact) mass is 259 g/mol. The van der Waals surface area contributed by atoms with Crippen LogP contribution in [0.5, 0.6) is 0 Å². The van der Waals surface area contributed by atoms with Gasteiger partial charge in [0.2, 0.25) is 0 Å². The lowest BCUT2D eigenvalue weighted by Crippen LogP contribution is -2.25. The van der Waals surface area contributed by atoms with Gasteiger partial charge in [-0.1, -0.05) is 64.7 Å². The molecule has 0 heterocycles. The van der Waals surface area contributed by atoms with Crippen molar-refractivity contribution in [2.45, 2.75) is 77.2 Å². The maximum absolute atomic E-state index is 9.17. The fourth-order valence-electron chi connectivity index (χ4n) is 1.98. The van der Waals surface area contributed by atoms with Gasteiger partial charge >= 0.3 is 0 Å². The van der Waals surface area contributed by atoms with Crippen LogP contribution in [0, 0.1) is 0 Å². The molecule has 3 heteroatoms. The fraction of sp³-hybridized carbons (Fsp3) is 1.00. The molecule has 0 saturated carbocycles. The Balaban J connectivity index is 2.94. The van der Waals surface area contributed by atoms with E-state index in [0.29, 0.717) is 6.61 Å². The molecule has 0 amide bonds. The van der Waals surface area contributed by atoms with E-state index in [0.717, 1.165) is 13.0 Å². The standard InChI is InChI=1S/C15H33NO2/c1-2-3-4-5-6-7-8-9-10-11-12-18-14-15(17)13-16/h15,17H,2-14,16H2,1H3. The van der Waals surface area contributed by atoms with Gasteiger partial charge in [0.1, 0.15) is 0 Å². The first kappa shape index (κ1) is 17.9. The second-order valence-corrected chi connectivity index (χ2v) is 5.15. The number of hydrogen-bond donors (Lipinski definition) is 2. The van der Waals surface area contributed by atoms with Gasteiger partial charge in [-0.15, -0.1) is 0 Å². The van der Waals surface area contributed by atoms with Crippen LogP contribution in [0.15, 0.2) is 0 Å². The molecule has 3 N–H and O–H groups in total. The van der Waals surface area contributed by atoms with Crippen molar-refractivity contribution in [3.63, 3.8) is 0 Å². The van der Waals surface area contributed by atoms with Crippen molar-refractivity contribution >= 4 is 0 Å². The third-order valence-electron chi connectivity index (χ3n) is 3.22. The Labute approximate surface area is 113 Å². The van der Waals surface area contributed by atoms with Gasteiger partial charge in [-0.05, 0) is 6.42 Å². The molecule has 0 aromatic heterocycles. The van der Waals surface area contributed by atoms with Gasteiger partial charge in [-0.3, -0.25) is 0 Å². The molecule has 0 aliphatic heterocycles. The maximum atomic E-state index is 9.17. The molecular formula is C15H33NO2. The largest absolute Gasteiger partial charge is 0.389 e. The summed E-state index contributed by atoms with van der Waals surface area (Å²) in [6, 6.07) is 0. The summed E-state index contributed by atoms with van der Waals surface area (Å²) in [5.74, 6) is 0. The predicted octanol–water partition coefficient (Wildman–Crippen LogP) is 3.24. The van der Waals surface area contributed by atoms with Crippen LogP contribution in [0.25, 0.3) is 0 Å². The van der Waals surface area contributed by atoms with Crippen molar-refractivity contribution in [2.75, 3.05) is 19.8 Å². The molecule has 18 heavy (non-hydrogen) atoms. The summed E-state index contributed by atoms with van der Waals surface area (Å²) >= 11 is 0. The number of aliphatic hydroxyl groups is 1. The molecule has 0 spiro atoms. The molecule has 0 fully saturated rings. The van der Waals surface area contributed by atoms with E-state index < -0.39 is 6.10 Å². The second-order valence-electron chi connectivity index (χ2n) is 5.15. The van der Waals surface area contributed by atoms with Gasteiger partial charge in [-0.2, -0.15) is 0 Å². The average Bonchev–Trinajstić information content (AvgIpc) is 2.39. The van der Waals surface area contributed by atoms with Gasteiger partial charge in [0.15, 0.2) is 0 Å². The lowest BCUT2D eigenvalue weighted by molar-refractivity contribution is 0.0396. The number of rotatable bonds is 14. The molecule has 110 valence electrons. The van der Waals surface area contributed by atoms with Gasteiger partial charge in [-0.25, -0.2) is 0 Å². The first-order valence-electron chi connectivity index (χ1n) is 7.77. The van der Waals surface area contributed by atoms with Gasteiger partial charge < -0.3 is 15.6 Å². The summed E-state index contributed by atoms with van der Waals surface area (Å²) in [5, 5.41) is 9.17. The van der Waals surface area contributed by atoms with Crippen LogP contribution in [0.4, 0.5) is 0 Å². The highest BCUT2D eigenvalue weighted by Gasteiger charge is 1.99. The van der Waals surface area contributed by atoms with Crippen LogP contribution < -0.4 is 5.73 Å². The lowest BCUT2D eigenvalue weighted by Gasteiger charge is -2.08. The highest BCUT2D eigenvalue weighted by atomic mass is 16.5. The number of ether oxygens (including phenoxy) is 1. The minimum atomic E-state index is -0.492. The van der Waals surface area contributed by atoms with E-state index in [-0.39, 0.29) is 6.54 Å². The first-order valence-corrected chi connectivity index (χ1v) is 7.77. The normalized spacial score (nSPS) is 12.8. The molecule has 0 aromatic rings. The molecule has 0 radical (unpaired) electrons. The van der Waals surface area contributed by atoms with E-state index in [2.05, 4.69) is 6.92 Å². The number of aliphatic hydroxyl groups excluding tert-OH is 1. The van der Waals surface area contributed by atoms with Crippen molar-refractivity contribution in [2.24, 2.45) is 5.73 Å². The lowest BCUT2D eigenvalue weighted by atomic mass is 10.1. The Morgan fingerprint density at radius 1 is 0.889 bits per heavy atom. The van der Waals surface area contributed by atoms with Crippen molar-refractivity contribution in [1.82, 2.24) is 0 Å². The summed E-state index contributed by atoms with van der Waals surface area (Å²) in [6.45, 7) is 3.69. The van der Waals surface area contributed by atoms with Crippen LogP contribution in [0.2, 0.25) is 0 Å². The maximum Gasteiger partial charge on any atom is 0.0895 e. The Morgan fingerprint density at radius 2 is 1.39 bits per heavy atom. The predicted molar refractivity (Wildman–Crippen MR) is 77.7 cm³/mol. The van der Waals surface area contributed by atoms with E-state index >= 15 is 0 Å². The molecule has 1 atom stereocenters. The smallest absolute Gasteiger partial charge is 0.0895 e. The highest BCUT2D eigenvalue weighted by molar-refractivity contribution is 4.52. The third-order valence-corrected chi connectivity index (χ3v) is 3.22. The van der Waals surface area contributed by atoms with Gasteiger partial charge in [0, 0.05) is 13.2 Å². The minimum Gasteiger partial charge on any atom is -0.389 e. The molecular weight excluding hydrogens is 226 g/mol. The Kier molecular flexibility index (Phi) is 14.8. The molecule has 0 bridgehead atoms. The average molecular weight is 259 g/mol. The summed E-state index contributed by atoms with van der Waals surface area (Å²) in [6.07, 6.45) is 12.9. The summed E-state index contributed by atoms with van der Waals surface area (Å²) in [5.41, 5.74) is 5.28. The van der Waals surface area contributed by atoms with Gasteiger partial charge in [0.25, 0.3) is 0 Å². The SMILES string of the molecule is CCCCCCCCCCCCOCC(O)CN. The first-order chi connectivity index (χ1) is 8.81. The number of unbranched alkanes of at least 4 members (excludes halogenated alkanes) is 9. The van der Waals surface area contributed by atoms with Crippen LogP contribution in [0.1, 0.15) is 71.1 Å². The molecule has 0 aromatic carbocycles. The highest BCUT2D eigenvalue weighted by Crippen LogP contribution is 2.10. The quantitative estimate of drug-likeness (QED) is 0.471.